The third kappa shape index (κ3) is 5.01. The molecule has 0 bridgehead atoms. The number of nitrogens with one attached hydrogen (secondary N) is 1. The summed E-state index contributed by atoms with van der Waals surface area (Å²) in [4.78, 5) is 24.5. The van der Waals surface area contributed by atoms with Crippen molar-refractivity contribution < 1.29 is 9.53 Å². The quantitative estimate of drug-likeness (QED) is 0.572. The van der Waals surface area contributed by atoms with Crippen LogP contribution in [0.4, 0.5) is 0 Å². The zero-order valence-electron chi connectivity index (χ0n) is 17.5. The lowest BCUT2D eigenvalue weighted by Gasteiger charge is -2.37. The molecule has 0 aliphatic carbocycles. The molecule has 1 aliphatic heterocycles. The van der Waals surface area contributed by atoms with E-state index in [0.29, 0.717) is 38.5 Å². The number of benzene rings is 2. The van der Waals surface area contributed by atoms with E-state index in [2.05, 4.69) is 20.9 Å². The van der Waals surface area contributed by atoms with Gasteiger partial charge in [0.15, 0.2) is 5.16 Å². The van der Waals surface area contributed by atoms with Crippen LogP contribution in [0.25, 0.3) is 11.0 Å². The fraction of sp³-hybridized carbons (Fsp3) is 0.348. The zero-order chi connectivity index (χ0) is 21.6. The number of carbonyl (C=O) groups excluding carboxylic acids is 1. The van der Waals surface area contributed by atoms with E-state index >= 15 is 0 Å². The molecule has 1 saturated heterocycles. The summed E-state index contributed by atoms with van der Waals surface area (Å²) in [5, 5.41) is 10.4. The number of ether oxygens (including phenoxy) is 1. The lowest BCUT2D eigenvalue weighted by atomic mass is 10.1. The van der Waals surface area contributed by atoms with Crippen LogP contribution in [-0.2, 0) is 4.79 Å². The molecule has 160 valence electrons. The van der Waals surface area contributed by atoms with Gasteiger partial charge in [0, 0.05) is 32.2 Å². The number of nitrogens with zero attached hydrogens (tertiary/aromatic N) is 4. The Hall–Kier alpha value is -3.02. The van der Waals surface area contributed by atoms with E-state index in [1.807, 2.05) is 60.4 Å². The van der Waals surface area contributed by atoms with Crippen LogP contribution in [0, 0.1) is 11.3 Å². The Labute approximate surface area is 186 Å². The number of hydrogen-bond donors (Lipinski definition) is 1. The van der Waals surface area contributed by atoms with E-state index in [9.17, 15) is 10.1 Å². The Morgan fingerprint density at radius 3 is 2.71 bits per heavy atom. The number of hydrogen-bond acceptors (Lipinski definition) is 6. The van der Waals surface area contributed by atoms with Crippen LogP contribution < -0.4 is 4.74 Å². The average Bonchev–Trinajstić information content (AvgIpc) is 3.22. The van der Waals surface area contributed by atoms with Gasteiger partial charge < -0.3 is 14.6 Å². The molecule has 0 saturated carbocycles. The SMILES string of the molecule is CCOc1ccc2nc(SCC(=O)N3CCN(C(C#N)c4ccccc4)CC3)[nH]c2c1. The maximum Gasteiger partial charge on any atom is 0.233 e. The molecule has 1 N–H and O–H groups in total. The molecule has 8 heteroatoms. The third-order valence-corrected chi connectivity index (χ3v) is 6.20. The second kappa shape index (κ2) is 9.86. The summed E-state index contributed by atoms with van der Waals surface area (Å²) in [5.41, 5.74) is 2.76. The van der Waals surface area contributed by atoms with Crippen LogP contribution in [0.15, 0.2) is 53.7 Å². The van der Waals surface area contributed by atoms with E-state index < -0.39 is 0 Å². The van der Waals surface area contributed by atoms with Gasteiger partial charge in [0.2, 0.25) is 5.91 Å². The molecule has 2 aromatic carbocycles. The Kier molecular flexibility index (Phi) is 6.75. The summed E-state index contributed by atoms with van der Waals surface area (Å²) in [5.74, 6) is 1.22. The fourth-order valence-corrected chi connectivity index (χ4v) is 4.53. The van der Waals surface area contributed by atoms with E-state index in [4.69, 9.17) is 4.74 Å². The summed E-state index contributed by atoms with van der Waals surface area (Å²) >= 11 is 1.41. The van der Waals surface area contributed by atoms with Crippen LogP contribution in [0.2, 0.25) is 0 Å². The molecule has 0 radical (unpaired) electrons. The summed E-state index contributed by atoms with van der Waals surface area (Å²) in [6, 6.07) is 17.7. The van der Waals surface area contributed by atoms with E-state index in [-0.39, 0.29) is 11.9 Å². The first kappa shape index (κ1) is 21.2. The van der Waals surface area contributed by atoms with Gasteiger partial charge in [-0.2, -0.15) is 5.26 Å². The monoisotopic (exact) mass is 435 g/mol. The predicted molar refractivity (Wildman–Crippen MR) is 121 cm³/mol. The molecule has 31 heavy (non-hydrogen) atoms. The topological polar surface area (TPSA) is 85.2 Å². The zero-order valence-corrected chi connectivity index (χ0v) is 18.3. The highest BCUT2D eigenvalue weighted by Gasteiger charge is 2.27. The number of H-pyrrole nitrogens is 1. The van der Waals surface area contributed by atoms with Crippen molar-refractivity contribution in [3.05, 3.63) is 54.1 Å². The molecule has 1 amide bonds. The first-order chi connectivity index (χ1) is 15.2. The van der Waals surface area contributed by atoms with Crippen molar-refractivity contribution in [2.75, 3.05) is 38.5 Å². The second-order valence-electron chi connectivity index (χ2n) is 7.30. The summed E-state index contributed by atoms with van der Waals surface area (Å²) < 4.78 is 5.52. The minimum atomic E-state index is -0.273. The van der Waals surface area contributed by atoms with Gasteiger partial charge >= 0.3 is 0 Å². The summed E-state index contributed by atoms with van der Waals surface area (Å²) in [6.07, 6.45) is 0. The lowest BCUT2D eigenvalue weighted by molar-refractivity contribution is -0.130. The highest BCUT2D eigenvalue weighted by atomic mass is 32.2. The molecule has 1 fully saturated rings. The maximum atomic E-state index is 12.7. The second-order valence-corrected chi connectivity index (χ2v) is 8.27. The highest BCUT2D eigenvalue weighted by molar-refractivity contribution is 7.99. The number of piperazine rings is 1. The minimum absolute atomic E-state index is 0.0910. The van der Waals surface area contributed by atoms with Gasteiger partial charge in [-0.1, -0.05) is 42.1 Å². The Morgan fingerprint density at radius 1 is 1.23 bits per heavy atom. The molecule has 1 unspecified atom stereocenters. The third-order valence-electron chi connectivity index (χ3n) is 5.34. The number of fused-ring (bicyclic) bond motifs is 1. The average molecular weight is 436 g/mol. The minimum Gasteiger partial charge on any atom is -0.494 e. The van der Waals surface area contributed by atoms with Gasteiger partial charge in [-0.05, 0) is 24.6 Å². The van der Waals surface area contributed by atoms with Gasteiger partial charge in [-0.25, -0.2) is 4.98 Å². The van der Waals surface area contributed by atoms with Crippen LogP contribution in [0.1, 0.15) is 18.5 Å². The first-order valence-electron chi connectivity index (χ1n) is 10.4. The molecule has 1 aromatic heterocycles. The van der Waals surface area contributed by atoms with Gasteiger partial charge in [0.1, 0.15) is 11.8 Å². The van der Waals surface area contributed by atoms with Crippen molar-refractivity contribution in [1.29, 1.82) is 5.26 Å². The Balaban J connectivity index is 1.30. The number of rotatable bonds is 7. The van der Waals surface area contributed by atoms with Crippen molar-refractivity contribution in [1.82, 2.24) is 19.8 Å². The van der Waals surface area contributed by atoms with E-state index in [1.54, 1.807) is 0 Å². The fourth-order valence-electron chi connectivity index (χ4n) is 3.74. The normalized spacial score (nSPS) is 15.5. The number of amides is 1. The highest BCUT2D eigenvalue weighted by Crippen LogP contribution is 2.25. The molecule has 0 spiro atoms. The van der Waals surface area contributed by atoms with E-state index in [1.165, 1.54) is 11.8 Å². The largest absolute Gasteiger partial charge is 0.494 e. The van der Waals surface area contributed by atoms with Crippen molar-refractivity contribution in [2.24, 2.45) is 0 Å². The van der Waals surface area contributed by atoms with Crippen molar-refractivity contribution in [3.8, 4) is 11.8 Å². The number of nitriles is 1. The summed E-state index contributed by atoms with van der Waals surface area (Å²) in [7, 11) is 0. The van der Waals surface area contributed by atoms with E-state index in [0.717, 1.165) is 27.5 Å². The molecule has 2 heterocycles. The first-order valence-corrected chi connectivity index (χ1v) is 11.4. The van der Waals surface area contributed by atoms with Crippen LogP contribution >= 0.6 is 11.8 Å². The molecule has 4 rings (SSSR count). The molecule has 1 atom stereocenters. The smallest absolute Gasteiger partial charge is 0.233 e. The molecular weight excluding hydrogens is 410 g/mol. The van der Waals surface area contributed by atoms with Crippen LogP contribution in [-0.4, -0.2) is 64.2 Å². The van der Waals surface area contributed by atoms with Gasteiger partial charge in [0.05, 0.1) is 29.5 Å². The molecule has 7 nitrogen and oxygen atoms in total. The summed E-state index contributed by atoms with van der Waals surface area (Å²) in [6.45, 7) is 5.20. The van der Waals surface area contributed by atoms with Gasteiger partial charge in [-0.3, -0.25) is 9.69 Å². The lowest BCUT2D eigenvalue weighted by Crippen LogP contribution is -2.50. The van der Waals surface area contributed by atoms with Crippen molar-refractivity contribution in [3.63, 3.8) is 0 Å². The van der Waals surface area contributed by atoms with Crippen molar-refractivity contribution >= 4 is 28.7 Å². The number of aromatic amines is 1. The van der Waals surface area contributed by atoms with Crippen molar-refractivity contribution in [2.45, 2.75) is 18.1 Å². The number of aromatic nitrogens is 2. The number of thioether (sulfide) groups is 1. The Morgan fingerprint density at radius 2 is 2.00 bits per heavy atom. The van der Waals surface area contributed by atoms with Crippen LogP contribution in [0.5, 0.6) is 5.75 Å². The maximum absolute atomic E-state index is 12.7. The van der Waals surface area contributed by atoms with Gasteiger partial charge in [-0.15, -0.1) is 0 Å². The Bertz CT molecular complexity index is 1070. The molecule has 3 aromatic rings. The predicted octanol–water partition coefficient (Wildman–Crippen LogP) is 3.46. The van der Waals surface area contributed by atoms with Crippen LogP contribution in [0.3, 0.4) is 0 Å². The number of carbonyl (C=O) groups is 1. The standard InChI is InChI=1S/C23H25N5O2S/c1-2-30-18-8-9-19-20(14-18)26-23(25-19)31-16-22(29)28-12-10-27(11-13-28)21(15-24)17-6-4-3-5-7-17/h3-9,14,21H,2,10-13,16H2,1H3,(H,25,26). The molecule has 1 aliphatic rings. The molecular formula is C23H25N5O2S. The van der Waals surface area contributed by atoms with Gasteiger partial charge in [0.25, 0.3) is 0 Å². The number of imidazole rings is 1.